The minimum absolute atomic E-state index is 0.584. The summed E-state index contributed by atoms with van der Waals surface area (Å²) < 4.78 is 2.33. The molecule has 1 aliphatic rings. The lowest BCUT2D eigenvalue weighted by molar-refractivity contribution is 0.356. The summed E-state index contributed by atoms with van der Waals surface area (Å²) in [6.07, 6.45) is 8.72. The summed E-state index contributed by atoms with van der Waals surface area (Å²) >= 11 is 0. The van der Waals surface area contributed by atoms with Crippen LogP contribution in [0.15, 0.2) is 18.3 Å². The molecule has 0 bridgehead atoms. The number of aromatic nitrogens is 3. The molecule has 0 radical (unpaired) electrons. The van der Waals surface area contributed by atoms with Gasteiger partial charge in [-0.2, -0.15) is 0 Å². The van der Waals surface area contributed by atoms with E-state index in [4.69, 9.17) is 0 Å². The molecule has 0 aliphatic heterocycles. The average Bonchev–Trinajstić information content (AvgIpc) is 2.84. The van der Waals surface area contributed by atoms with Gasteiger partial charge in [0.05, 0.1) is 17.1 Å². The van der Waals surface area contributed by atoms with E-state index in [9.17, 15) is 0 Å². The summed E-state index contributed by atoms with van der Waals surface area (Å²) in [5, 5.41) is 3.48. The van der Waals surface area contributed by atoms with Crippen LogP contribution in [-0.2, 0) is 0 Å². The zero-order valence-corrected chi connectivity index (χ0v) is 13.2. The largest absolute Gasteiger partial charge is 0.324 e. The Morgan fingerprint density at radius 3 is 2.48 bits per heavy atom. The molecule has 4 heteroatoms. The van der Waals surface area contributed by atoms with Crippen molar-refractivity contribution in [3.05, 3.63) is 35.4 Å². The predicted octanol–water partition coefficient (Wildman–Crippen LogP) is 4.45. The molecule has 1 aliphatic carbocycles. The van der Waals surface area contributed by atoms with Gasteiger partial charge in [-0.1, -0.05) is 19.3 Å². The molecule has 0 amide bonds. The third-order valence-corrected chi connectivity index (χ3v) is 4.29. The van der Waals surface area contributed by atoms with Gasteiger partial charge in [-0.25, -0.2) is 4.98 Å². The minimum atomic E-state index is 0.584. The second-order valence-electron chi connectivity index (χ2n) is 6.12. The molecule has 0 spiro atoms. The first-order chi connectivity index (χ1) is 10.1. The molecule has 3 rings (SSSR count). The lowest BCUT2D eigenvalue weighted by atomic mass is 9.95. The van der Waals surface area contributed by atoms with E-state index in [1.54, 1.807) is 0 Å². The molecule has 1 N–H and O–H groups in total. The third-order valence-electron chi connectivity index (χ3n) is 4.29. The molecule has 21 heavy (non-hydrogen) atoms. The highest BCUT2D eigenvalue weighted by atomic mass is 15.2. The molecule has 4 nitrogen and oxygen atoms in total. The Balaban J connectivity index is 1.87. The fourth-order valence-corrected chi connectivity index (χ4v) is 3.19. The molecule has 1 saturated carbocycles. The van der Waals surface area contributed by atoms with Crippen LogP contribution in [0.1, 0.15) is 55.2 Å². The fourth-order valence-electron chi connectivity index (χ4n) is 3.19. The van der Waals surface area contributed by atoms with Crippen molar-refractivity contribution in [1.82, 2.24) is 14.5 Å². The van der Waals surface area contributed by atoms with Crippen LogP contribution < -0.4 is 5.32 Å². The Morgan fingerprint density at radius 1 is 1.00 bits per heavy atom. The lowest BCUT2D eigenvalue weighted by Gasteiger charge is -2.25. The van der Waals surface area contributed by atoms with Gasteiger partial charge in [0.1, 0.15) is 0 Å². The van der Waals surface area contributed by atoms with Crippen molar-refractivity contribution in [2.24, 2.45) is 0 Å². The van der Waals surface area contributed by atoms with Gasteiger partial charge in [-0.15, -0.1) is 0 Å². The molecule has 1 fully saturated rings. The molecule has 0 saturated heterocycles. The number of pyridine rings is 1. The van der Waals surface area contributed by atoms with Gasteiger partial charge in [-0.3, -0.25) is 4.98 Å². The smallest absolute Gasteiger partial charge is 0.207 e. The van der Waals surface area contributed by atoms with E-state index in [0.29, 0.717) is 6.04 Å². The van der Waals surface area contributed by atoms with E-state index >= 15 is 0 Å². The molecule has 0 unspecified atom stereocenters. The van der Waals surface area contributed by atoms with Gasteiger partial charge in [-0.05, 0) is 45.7 Å². The van der Waals surface area contributed by atoms with Gasteiger partial charge in [0.15, 0.2) is 0 Å². The fraction of sp³-hybridized carbons (Fsp3) is 0.529. The Labute approximate surface area is 126 Å². The quantitative estimate of drug-likeness (QED) is 0.905. The molecular formula is C17H24N4. The van der Waals surface area contributed by atoms with Crippen LogP contribution in [0, 0.1) is 20.8 Å². The van der Waals surface area contributed by atoms with Gasteiger partial charge in [0.25, 0.3) is 0 Å². The number of aryl methyl sites for hydroxylation is 3. The Morgan fingerprint density at radius 2 is 1.76 bits per heavy atom. The van der Waals surface area contributed by atoms with E-state index in [0.717, 1.165) is 28.7 Å². The number of imidazole rings is 1. The number of nitrogens with one attached hydrogen (secondary N) is 1. The van der Waals surface area contributed by atoms with Gasteiger partial charge in [0.2, 0.25) is 5.95 Å². The number of hydrogen-bond acceptors (Lipinski definition) is 3. The van der Waals surface area contributed by atoms with Crippen LogP contribution in [-0.4, -0.2) is 14.5 Å². The third kappa shape index (κ3) is 3.09. The first-order valence-corrected chi connectivity index (χ1v) is 7.90. The summed E-state index contributed by atoms with van der Waals surface area (Å²) in [5.41, 5.74) is 4.18. The standard InChI is InChI=1S/C17H24N4/c1-12-9-10-16(14(3)18-12)20-17-19-13(2)11-21(17)15-7-5-4-6-8-15/h9-11,15H,4-8H2,1-3H3,(H,19,20). The van der Waals surface area contributed by atoms with E-state index in [-0.39, 0.29) is 0 Å². The van der Waals surface area contributed by atoms with Gasteiger partial charge in [0, 0.05) is 17.9 Å². The SMILES string of the molecule is Cc1ccc(Nc2nc(C)cn2C2CCCCC2)c(C)n1. The Bertz CT molecular complexity index is 624. The monoisotopic (exact) mass is 284 g/mol. The van der Waals surface area contributed by atoms with Gasteiger partial charge >= 0.3 is 0 Å². The van der Waals surface area contributed by atoms with Crippen molar-refractivity contribution in [1.29, 1.82) is 0 Å². The molecule has 0 aromatic carbocycles. The average molecular weight is 284 g/mol. The number of anilines is 2. The van der Waals surface area contributed by atoms with Crippen LogP contribution in [0.4, 0.5) is 11.6 Å². The van der Waals surface area contributed by atoms with Crippen molar-refractivity contribution < 1.29 is 0 Å². The maximum absolute atomic E-state index is 4.67. The summed E-state index contributed by atoms with van der Waals surface area (Å²) in [6, 6.07) is 4.71. The maximum Gasteiger partial charge on any atom is 0.207 e. The van der Waals surface area contributed by atoms with E-state index in [1.807, 2.05) is 19.9 Å². The van der Waals surface area contributed by atoms with Crippen LogP contribution in [0.5, 0.6) is 0 Å². The highest BCUT2D eigenvalue weighted by molar-refractivity contribution is 5.57. The van der Waals surface area contributed by atoms with E-state index in [2.05, 4.69) is 39.0 Å². The number of hydrogen-bond donors (Lipinski definition) is 1. The van der Waals surface area contributed by atoms with Gasteiger partial charge < -0.3 is 9.88 Å². The Kier molecular flexibility index (Phi) is 3.95. The van der Waals surface area contributed by atoms with Crippen LogP contribution in [0.25, 0.3) is 0 Å². The molecule has 2 heterocycles. The van der Waals surface area contributed by atoms with Crippen LogP contribution in [0.2, 0.25) is 0 Å². The first kappa shape index (κ1) is 14.1. The normalized spacial score (nSPS) is 16.1. The second-order valence-corrected chi connectivity index (χ2v) is 6.12. The van der Waals surface area contributed by atoms with Crippen LogP contribution >= 0.6 is 0 Å². The lowest BCUT2D eigenvalue weighted by Crippen LogP contribution is -2.14. The molecule has 2 aromatic rings. The minimum Gasteiger partial charge on any atom is -0.324 e. The van der Waals surface area contributed by atoms with E-state index in [1.165, 1.54) is 32.1 Å². The van der Waals surface area contributed by atoms with E-state index < -0.39 is 0 Å². The molecule has 2 aromatic heterocycles. The summed E-state index contributed by atoms with van der Waals surface area (Å²) in [4.78, 5) is 9.19. The Hall–Kier alpha value is -1.84. The highest BCUT2D eigenvalue weighted by Crippen LogP contribution is 2.32. The summed E-state index contributed by atoms with van der Waals surface area (Å²) in [7, 11) is 0. The number of rotatable bonds is 3. The highest BCUT2D eigenvalue weighted by Gasteiger charge is 2.19. The molecule has 112 valence electrons. The van der Waals surface area contributed by atoms with Crippen molar-refractivity contribution in [2.75, 3.05) is 5.32 Å². The van der Waals surface area contributed by atoms with Crippen molar-refractivity contribution in [3.63, 3.8) is 0 Å². The summed E-state index contributed by atoms with van der Waals surface area (Å²) in [5.74, 6) is 0.952. The predicted molar refractivity (Wildman–Crippen MR) is 86.1 cm³/mol. The topological polar surface area (TPSA) is 42.7 Å². The van der Waals surface area contributed by atoms with Crippen molar-refractivity contribution in [3.8, 4) is 0 Å². The molecular weight excluding hydrogens is 260 g/mol. The summed E-state index contributed by atoms with van der Waals surface area (Å²) in [6.45, 7) is 6.12. The van der Waals surface area contributed by atoms with Crippen molar-refractivity contribution in [2.45, 2.75) is 58.9 Å². The van der Waals surface area contributed by atoms with Crippen LogP contribution in [0.3, 0.4) is 0 Å². The van der Waals surface area contributed by atoms with Crippen molar-refractivity contribution >= 4 is 11.6 Å². The first-order valence-electron chi connectivity index (χ1n) is 7.90. The zero-order chi connectivity index (χ0) is 14.8. The maximum atomic E-state index is 4.67. The second kappa shape index (κ2) is 5.88. The number of nitrogens with zero attached hydrogens (tertiary/aromatic N) is 3. The molecule has 0 atom stereocenters. The zero-order valence-electron chi connectivity index (χ0n) is 13.2.